The van der Waals surface area contributed by atoms with Gasteiger partial charge in [-0.3, -0.25) is 4.79 Å². The van der Waals surface area contributed by atoms with Gasteiger partial charge in [0.25, 0.3) is 5.91 Å². The fourth-order valence-electron chi connectivity index (χ4n) is 2.93. The summed E-state index contributed by atoms with van der Waals surface area (Å²) in [6.45, 7) is 2.58. The molecule has 0 fully saturated rings. The summed E-state index contributed by atoms with van der Waals surface area (Å²) in [5.74, 6) is -0.517. The fraction of sp³-hybridized carbons (Fsp3) is 0.304. The van der Waals surface area contributed by atoms with Crippen LogP contribution in [0.5, 0.6) is 5.75 Å². The molecule has 0 saturated heterocycles. The number of nitrogens with zero attached hydrogens (tertiary/aromatic N) is 1. The number of thiazole rings is 1. The van der Waals surface area contributed by atoms with Gasteiger partial charge in [0.05, 0.1) is 18.4 Å². The molecule has 0 saturated carbocycles. The summed E-state index contributed by atoms with van der Waals surface area (Å²) in [7, 11) is 0. The van der Waals surface area contributed by atoms with E-state index in [4.69, 9.17) is 4.74 Å². The maximum absolute atomic E-state index is 13.5. The van der Waals surface area contributed by atoms with E-state index in [1.165, 1.54) is 18.3 Å². The molecule has 1 heterocycles. The molecule has 0 aliphatic heterocycles. The lowest BCUT2D eigenvalue weighted by Crippen LogP contribution is -2.21. The molecule has 0 atom stereocenters. The van der Waals surface area contributed by atoms with Crippen LogP contribution in [0.3, 0.4) is 0 Å². The van der Waals surface area contributed by atoms with Crippen molar-refractivity contribution in [3.05, 3.63) is 64.7 Å². The number of nitrogens with one attached hydrogen (secondary N) is 2. The Hall–Kier alpha value is -2.72. The average Bonchev–Trinajstić information content (AvgIpc) is 3.25. The number of hydrogen-bond donors (Lipinski definition) is 3. The lowest BCUT2D eigenvalue weighted by molar-refractivity contribution is -0.138. The summed E-state index contributed by atoms with van der Waals surface area (Å²) < 4.78 is 45.9. The minimum Gasteiger partial charge on any atom is -0.493 e. The van der Waals surface area contributed by atoms with Crippen LogP contribution in [0.25, 0.3) is 0 Å². The predicted octanol–water partition coefficient (Wildman–Crippen LogP) is 6.69. The molecule has 0 aliphatic carbocycles. The summed E-state index contributed by atoms with van der Waals surface area (Å²) in [6, 6.07) is 11.2. The third-order valence-electron chi connectivity index (χ3n) is 4.66. The largest absolute Gasteiger partial charge is 0.493 e. The van der Waals surface area contributed by atoms with Crippen LogP contribution in [-0.4, -0.2) is 17.5 Å². The predicted molar refractivity (Wildman–Crippen MR) is 127 cm³/mol. The van der Waals surface area contributed by atoms with Gasteiger partial charge < -0.3 is 15.4 Å². The summed E-state index contributed by atoms with van der Waals surface area (Å²) >= 11 is 5.27. The molecule has 5 nitrogen and oxygen atoms in total. The number of unbranched alkanes of at least 4 members (excludes halogenated alkanes) is 2. The zero-order valence-corrected chi connectivity index (χ0v) is 19.6. The number of halogens is 3. The molecular formula is C23H24F3N3O2S2. The number of rotatable bonds is 10. The monoisotopic (exact) mass is 495 g/mol. The molecule has 3 aromatic rings. The number of amides is 1. The summed E-state index contributed by atoms with van der Waals surface area (Å²) in [4.78, 5) is 17.7. The molecule has 2 N–H and O–H groups in total. The SMILES string of the molecule is CCCCCOc1ccc(Nc2ncc(C(=O)NCc3ccc(S)cc3)s2)cc1C(F)(F)F. The first kappa shape index (κ1) is 24.9. The molecule has 1 amide bonds. The van der Waals surface area contributed by atoms with Gasteiger partial charge in [0.2, 0.25) is 0 Å². The van der Waals surface area contributed by atoms with Crippen LogP contribution in [0.15, 0.2) is 53.6 Å². The van der Waals surface area contributed by atoms with Crippen molar-refractivity contribution in [2.24, 2.45) is 0 Å². The van der Waals surface area contributed by atoms with Crippen molar-refractivity contribution in [2.45, 2.75) is 43.8 Å². The Kier molecular flexibility index (Phi) is 8.62. The lowest BCUT2D eigenvalue weighted by Gasteiger charge is -2.15. The minimum atomic E-state index is -4.56. The van der Waals surface area contributed by atoms with Crippen LogP contribution < -0.4 is 15.4 Å². The molecule has 10 heteroatoms. The zero-order valence-electron chi connectivity index (χ0n) is 17.9. The van der Waals surface area contributed by atoms with Crippen LogP contribution in [0, 0.1) is 0 Å². The van der Waals surface area contributed by atoms with E-state index in [0.717, 1.165) is 40.7 Å². The highest BCUT2D eigenvalue weighted by molar-refractivity contribution is 7.80. The van der Waals surface area contributed by atoms with Gasteiger partial charge in [-0.15, -0.1) is 12.6 Å². The smallest absolute Gasteiger partial charge is 0.420 e. The molecule has 0 unspecified atom stereocenters. The van der Waals surface area contributed by atoms with Gasteiger partial charge in [-0.05, 0) is 42.3 Å². The van der Waals surface area contributed by atoms with Gasteiger partial charge in [-0.25, -0.2) is 4.98 Å². The number of benzene rings is 2. The van der Waals surface area contributed by atoms with Gasteiger partial charge in [0.15, 0.2) is 5.13 Å². The van der Waals surface area contributed by atoms with E-state index in [0.29, 0.717) is 23.0 Å². The normalized spacial score (nSPS) is 11.3. The second-order valence-electron chi connectivity index (χ2n) is 7.27. The summed E-state index contributed by atoms with van der Waals surface area (Å²) in [6.07, 6.45) is -0.637. The molecule has 3 rings (SSSR count). The van der Waals surface area contributed by atoms with E-state index < -0.39 is 11.7 Å². The number of carbonyl (C=O) groups excluding carboxylic acids is 1. The first-order valence-electron chi connectivity index (χ1n) is 10.4. The number of aromatic nitrogens is 1. The highest BCUT2D eigenvalue weighted by Crippen LogP contribution is 2.38. The van der Waals surface area contributed by atoms with E-state index in [2.05, 4.69) is 28.2 Å². The third-order valence-corrected chi connectivity index (χ3v) is 5.87. The minimum absolute atomic E-state index is 0.200. The number of anilines is 2. The number of alkyl halides is 3. The van der Waals surface area contributed by atoms with E-state index in [1.54, 1.807) is 0 Å². The van der Waals surface area contributed by atoms with Gasteiger partial charge in [0.1, 0.15) is 10.6 Å². The number of thiol groups is 1. The molecular weight excluding hydrogens is 471 g/mol. The third kappa shape index (κ3) is 7.40. The Morgan fingerprint density at radius 1 is 1.15 bits per heavy atom. The van der Waals surface area contributed by atoms with Crippen LogP contribution in [-0.2, 0) is 12.7 Å². The first-order chi connectivity index (χ1) is 15.8. The zero-order chi connectivity index (χ0) is 23.8. The maximum Gasteiger partial charge on any atom is 0.420 e. The number of hydrogen-bond acceptors (Lipinski definition) is 6. The van der Waals surface area contributed by atoms with Crippen molar-refractivity contribution >= 4 is 40.7 Å². The maximum atomic E-state index is 13.5. The molecule has 0 radical (unpaired) electrons. The highest BCUT2D eigenvalue weighted by Gasteiger charge is 2.34. The van der Waals surface area contributed by atoms with Crippen molar-refractivity contribution in [2.75, 3.05) is 11.9 Å². The van der Waals surface area contributed by atoms with Crippen LogP contribution in [0.1, 0.15) is 47.0 Å². The number of carbonyl (C=O) groups is 1. The topological polar surface area (TPSA) is 63.2 Å². The Morgan fingerprint density at radius 2 is 1.91 bits per heavy atom. The van der Waals surface area contributed by atoms with Crippen LogP contribution in [0.4, 0.5) is 24.0 Å². The Bertz CT molecular complexity index is 1070. The molecule has 33 heavy (non-hydrogen) atoms. The Labute approximate surface area is 199 Å². The van der Waals surface area contributed by atoms with Gasteiger partial charge >= 0.3 is 6.18 Å². The van der Waals surface area contributed by atoms with Crippen molar-refractivity contribution < 1.29 is 22.7 Å². The second kappa shape index (κ2) is 11.4. The van der Waals surface area contributed by atoms with Gasteiger partial charge in [0, 0.05) is 17.1 Å². The molecule has 0 bridgehead atoms. The second-order valence-corrected chi connectivity index (χ2v) is 8.82. The van der Waals surface area contributed by atoms with Crippen molar-refractivity contribution in [1.82, 2.24) is 10.3 Å². The number of ether oxygens (including phenoxy) is 1. The lowest BCUT2D eigenvalue weighted by atomic mass is 10.1. The van der Waals surface area contributed by atoms with E-state index in [1.807, 2.05) is 31.2 Å². The summed E-state index contributed by atoms with van der Waals surface area (Å²) in [5.41, 5.74) is 0.267. The van der Waals surface area contributed by atoms with Gasteiger partial charge in [-0.2, -0.15) is 13.2 Å². The van der Waals surface area contributed by atoms with Crippen molar-refractivity contribution in [3.8, 4) is 5.75 Å². The Morgan fingerprint density at radius 3 is 2.61 bits per heavy atom. The average molecular weight is 496 g/mol. The fourth-order valence-corrected chi connectivity index (χ4v) is 3.83. The first-order valence-corrected chi connectivity index (χ1v) is 11.7. The standard InChI is InChI=1S/C23H24F3N3O2S2/c1-2-3-4-11-31-19-10-7-16(12-18(19)23(24,25)26)29-22-28-14-20(33-22)21(30)27-13-15-5-8-17(32)9-6-15/h5-10,12,14,32H,2-4,11,13H2,1H3,(H,27,30)(H,28,29). The summed E-state index contributed by atoms with van der Waals surface area (Å²) in [5, 5.41) is 5.94. The molecule has 0 aliphatic rings. The van der Waals surface area contributed by atoms with Crippen LogP contribution >= 0.6 is 24.0 Å². The Balaban J connectivity index is 1.64. The quantitative estimate of drug-likeness (QED) is 0.217. The molecule has 176 valence electrons. The molecule has 1 aromatic heterocycles. The van der Waals surface area contributed by atoms with Crippen LogP contribution in [0.2, 0.25) is 0 Å². The van der Waals surface area contributed by atoms with E-state index in [-0.39, 0.29) is 24.0 Å². The molecule has 0 spiro atoms. The van der Waals surface area contributed by atoms with Gasteiger partial charge in [-0.1, -0.05) is 43.2 Å². The van der Waals surface area contributed by atoms with E-state index >= 15 is 0 Å². The highest BCUT2D eigenvalue weighted by atomic mass is 32.1. The molecule has 2 aromatic carbocycles. The van der Waals surface area contributed by atoms with Crippen molar-refractivity contribution in [3.63, 3.8) is 0 Å². The van der Waals surface area contributed by atoms with E-state index in [9.17, 15) is 18.0 Å². The van der Waals surface area contributed by atoms with Crippen molar-refractivity contribution in [1.29, 1.82) is 0 Å².